The lowest BCUT2D eigenvalue weighted by molar-refractivity contribution is 0.552. The number of rotatable bonds is 6. The maximum atomic E-state index is 11.3. The van der Waals surface area contributed by atoms with Crippen molar-refractivity contribution in [3.8, 4) is 0 Å². The number of hydrogen-bond donors (Lipinski definition) is 1. The van der Waals surface area contributed by atoms with Crippen molar-refractivity contribution >= 4 is 9.84 Å². The first-order chi connectivity index (χ1) is 7.85. The van der Waals surface area contributed by atoms with E-state index in [1.165, 1.54) is 6.26 Å². The minimum Gasteiger partial charge on any atom is -0.316 e. The third-order valence-corrected chi connectivity index (χ3v) is 3.77. The molecule has 1 aromatic rings. The highest BCUT2D eigenvalue weighted by atomic mass is 32.2. The van der Waals surface area contributed by atoms with Gasteiger partial charge in [0.05, 0.1) is 11.4 Å². The van der Waals surface area contributed by atoms with Crippen LogP contribution in [0.25, 0.3) is 0 Å². The standard InChI is InChI=1S/C11H21N3O2S/c1-5-9-6-11(14(3)13-9)7-10(12-2)8-17(4,15)16/h6,10,12H,5,7-8H2,1-4H3. The molecule has 0 spiro atoms. The van der Waals surface area contributed by atoms with Gasteiger partial charge in [0.2, 0.25) is 0 Å². The molecule has 1 aromatic heterocycles. The Morgan fingerprint density at radius 2 is 2.18 bits per heavy atom. The molecular formula is C11H21N3O2S. The van der Waals surface area contributed by atoms with Gasteiger partial charge in [-0.15, -0.1) is 0 Å². The summed E-state index contributed by atoms with van der Waals surface area (Å²) in [5, 5.41) is 7.39. The topological polar surface area (TPSA) is 64.0 Å². The number of aryl methyl sites for hydroxylation is 2. The number of aromatic nitrogens is 2. The van der Waals surface area contributed by atoms with Gasteiger partial charge in [0.15, 0.2) is 0 Å². The maximum absolute atomic E-state index is 11.3. The Morgan fingerprint density at radius 1 is 1.53 bits per heavy atom. The molecular weight excluding hydrogens is 238 g/mol. The molecule has 6 heteroatoms. The fourth-order valence-corrected chi connectivity index (χ4v) is 2.81. The summed E-state index contributed by atoms with van der Waals surface area (Å²) in [5.74, 6) is 0.149. The minimum atomic E-state index is -2.96. The number of hydrogen-bond acceptors (Lipinski definition) is 4. The lowest BCUT2D eigenvalue weighted by Crippen LogP contribution is -2.35. The molecule has 0 radical (unpaired) electrons. The molecule has 0 saturated heterocycles. The van der Waals surface area contributed by atoms with Gasteiger partial charge in [-0.2, -0.15) is 5.10 Å². The third-order valence-electron chi connectivity index (χ3n) is 2.76. The van der Waals surface area contributed by atoms with Gasteiger partial charge in [-0.3, -0.25) is 4.68 Å². The predicted molar refractivity (Wildman–Crippen MR) is 68.8 cm³/mol. The van der Waals surface area contributed by atoms with Gasteiger partial charge in [0.1, 0.15) is 9.84 Å². The second-order valence-electron chi connectivity index (χ2n) is 4.39. The first-order valence-corrected chi connectivity index (χ1v) is 7.78. The van der Waals surface area contributed by atoms with Crippen molar-refractivity contribution < 1.29 is 8.42 Å². The van der Waals surface area contributed by atoms with Gasteiger partial charge in [-0.1, -0.05) is 6.92 Å². The predicted octanol–water partition coefficient (Wildman–Crippen LogP) is 0.158. The average Bonchev–Trinajstić information content (AvgIpc) is 2.56. The van der Waals surface area contributed by atoms with Gasteiger partial charge in [0, 0.05) is 31.5 Å². The summed E-state index contributed by atoms with van der Waals surface area (Å²) < 4.78 is 24.4. The smallest absolute Gasteiger partial charge is 0.148 e. The molecule has 1 atom stereocenters. The van der Waals surface area contributed by atoms with Crippen molar-refractivity contribution in [2.45, 2.75) is 25.8 Å². The zero-order valence-electron chi connectivity index (χ0n) is 10.9. The van der Waals surface area contributed by atoms with E-state index in [1.807, 2.05) is 17.8 Å². The molecule has 5 nitrogen and oxygen atoms in total. The molecule has 0 amide bonds. The Morgan fingerprint density at radius 3 is 2.59 bits per heavy atom. The molecule has 0 aliphatic rings. The van der Waals surface area contributed by atoms with Crippen molar-refractivity contribution in [1.29, 1.82) is 0 Å². The summed E-state index contributed by atoms with van der Waals surface area (Å²) >= 11 is 0. The number of nitrogens with zero attached hydrogens (tertiary/aromatic N) is 2. The molecule has 1 N–H and O–H groups in total. The summed E-state index contributed by atoms with van der Waals surface area (Å²) in [5.41, 5.74) is 2.10. The van der Waals surface area contributed by atoms with E-state index >= 15 is 0 Å². The zero-order chi connectivity index (χ0) is 13.1. The van der Waals surface area contributed by atoms with Crippen molar-refractivity contribution in [2.24, 2.45) is 7.05 Å². The van der Waals surface area contributed by atoms with Gasteiger partial charge >= 0.3 is 0 Å². The molecule has 1 heterocycles. The molecule has 0 bridgehead atoms. The highest BCUT2D eigenvalue weighted by Gasteiger charge is 2.16. The summed E-state index contributed by atoms with van der Waals surface area (Å²) in [7, 11) is 0.716. The Bertz CT molecular complexity index is 465. The Balaban J connectivity index is 2.76. The van der Waals surface area contributed by atoms with Gasteiger partial charge in [-0.05, 0) is 19.5 Å². The Labute approximate surface area is 103 Å². The summed E-state index contributed by atoms with van der Waals surface area (Å²) in [6.45, 7) is 2.05. The Kier molecular flexibility index (Phi) is 4.70. The minimum absolute atomic E-state index is 0.0647. The van der Waals surface area contributed by atoms with Crippen LogP contribution in [0.4, 0.5) is 0 Å². The van der Waals surface area contributed by atoms with Crippen LogP contribution in [-0.2, 0) is 29.7 Å². The lowest BCUT2D eigenvalue weighted by atomic mass is 10.1. The van der Waals surface area contributed by atoms with Crippen LogP contribution < -0.4 is 5.32 Å². The van der Waals surface area contributed by atoms with E-state index in [0.29, 0.717) is 6.42 Å². The summed E-state index contributed by atoms with van der Waals surface area (Å²) in [6, 6.07) is 1.97. The molecule has 0 aliphatic carbocycles. The molecule has 17 heavy (non-hydrogen) atoms. The summed E-state index contributed by atoms with van der Waals surface area (Å²) in [4.78, 5) is 0. The molecule has 0 saturated carbocycles. The number of likely N-dealkylation sites (N-methyl/N-ethyl adjacent to an activating group) is 1. The summed E-state index contributed by atoms with van der Waals surface area (Å²) in [6.07, 6.45) is 2.83. The maximum Gasteiger partial charge on any atom is 0.148 e. The first kappa shape index (κ1) is 14.2. The molecule has 1 unspecified atom stereocenters. The quantitative estimate of drug-likeness (QED) is 0.790. The van der Waals surface area contributed by atoms with Crippen LogP contribution in [0, 0.1) is 0 Å². The van der Waals surface area contributed by atoms with Crippen LogP contribution in [0.1, 0.15) is 18.3 Å². The van der Waals surface area contributed by atoms with Crippen molar-refractivity contribution in [3.63, 3.8) is 0 Å². The first-order valence-electron chi connectivity index (χ1n) is 5.72. The molecule has 0 aromatic carbocycles. The van der Waals surface area contributed by atoms with Crippen LogP contribution in [-0.4, -0.2) is 43.3 Å². The average molecular weight is 259 g/mol. The highest BCUT2D eigenvalue weighted by molar-refractivity contribution is 7.90. The number of nitrogens with one attached hydrogen (secondary N) is 1. The SMILES string of the molecule is CCc1cc(CC(CS(C)(=O)=O)NC)n(C)n1. The zero-order valence-corrected chi connectivity index (χ0v) is 11.7. The fraction of sp³-hybridized carbons (Fsp3) is 0.727. The van der Waals surface area contributed by atoms with Crippen LogP contribution in [0.15, 0.2) is 6.07 Å². The van der Waals surface area contributed by atoms with E-state index in [2.05, 4.69) is 17.3 Å². The van der Waals surface area contributed by atoms with E-state index < -0.39 is 9.84 Å². The van der Waals surface area contributed by atoms with Crippen molar-refractivity contribution in [3.05, 3.63) is 17.5 Å². The van der Waals surface area contributed by atoms with Crippen molar-refractivity contribution in [1.82, 2.24) is 15.1 Å². The van der Waals surface area contributed by atoms with Crippen LogP contribution in [0.5, 0.6) is 0 Å². The second-order valence-corrected chi connectivity index (χ2v) is 6.57. The van der Waals surface area contributed by atoms with E-state index in [4.69, 9.17) is 0 Å². The van der Waals surface area contributed by atoms with E-state index in [9.17, 15) is 8.42 Å². The van der Waals surface area contributed by atoms with Crippen molar-refractivity contribution in [2.75, 3.05) is 19.1 Å². The second kappa shape index (κ2) is 5.64. The normalized spacial score (nSPS) is 13.9. The van der Waals surface area contributed by atoms with Crippen LogP contribution >= 0.6 is 0 Å². The fourth-order valence-electron chi connectivity index (χ4n) is 1.80. The molecule has 1 rings (SSSR count). The van der Waals surface area contributed by atoms with Gasteiger partial charge < -0.3 is 5.32 Å². The Hall–Kier alpha value is -0.880. The van der Waals surface area contributed by atoms with Crippen LogP contribution in [0.3, 0.4) is 0 Å². The van der Waals surface area contributed by atoms with E-state index in [1.54, 1.807) is 7.05 Å². The van der Waals surface area contributed by atoms with Gasteiger partial charge in [-0.25, -0.2) is 8.42 Å². The largest absolute Gasteiger partial charge is 0.316 e. The third kappa shape index (κ3) is 4.47. The van der Waals surface area contributed by atoms with E-state index in [-0.39, 0.29) is 11.8 Å². The van der Waals surface area contributed by atoms with E-state index in [0.717, 1.165) is 17.8 Å². The highest BCUT2D eigenvalue weighted by Crippen LogP contribution is 2.08. The molecule has 0 fully saturated rings. The number of sulfone groups is 1. The molecule has 0 aliphatic heterocycles. The lowest BCUT2D eigenvalue weighted by Gasteiger charge is -2.14. The van der Waals surface area contributed by atoms with Crippen LogP contribution in [0.2, 0.25) is 0 Å². The molecule has 98 valence electrons. The van der Waals surface area contributed by atoms with Gasteiger partial charge in [0.25, 0.3) is 0 Å². The monoisotopic (exact) mass is 259 g/mol.